The summed E-state index contributed by atoms with van der Waals surface area (Å²) >= 11 is 8.98. The summed E-state index contributed by atoms with van der Waals surface area (Å²) < 4.78 is 0.727. The van der Waals surface area contributed by atoms with Crippen LogP contribution in [-0.4, -0.2) is 17.1 Å². The molecule has 0 radical (unpaired) electrons. The van der Waals surface area contributed by atoms with E-state index in [1.165, 1.54) is 11.3 Å². The lowest BCUT2D eigenvalue weighted by atomic mass is 10.2. The van der Waals surface area contributed by atoms with Gasteiger partial charge in [0.15, 0.2) is 0 Å². The number of hydrogen-bond acceptors (Lipinski definition) is 4. The molecule has 19 heavy (non-hydrogen) atoms. The summed E-state index contributed by atoms with van der Waals surface area (Å²) in [6.45, 7) is 0.478. The van der Waals surface area contributed by atoms with Crippen LogP contribution in [0, 0.1) is 0 Å². The van der Waals surface area contributed by atoms with Gasteiger partial charge in [0.25, 0.3) is 5.91 Å². The Bertz CT molecular complexity index is 571. The van der Waals surface area contributed by atoms with Crippen molar-refractivity contribution in [2.45, 2.75) is 12.3 Å². The van der Waals surface area contributed by atoms with Crippen molar-refractivity contribution in [2.75, 3.05) is 6.26 Å². The molecule has 0 atom stereocenters. The average Bonchev–Trinajstić information content (AvgIpc) is 2.83. The number of pyridine rings is 1. The maximum atomic E-state index is 12.1. The summed E-state index contributed by atoms with van der Waals surface area (Å²) in [6.07, 6.45) is 3.64. The Balaban J connectivity index is 2.03. The van der Waals surface area contributed by atoms with E-state index in [0.717, 1.165) is 20.5 Å². The standard InChI is InChI=1S/C13H13ClN2OS2/c1-18-8-9-3-2-6-15-12(9)13(17)16-7-10-4-5-11(14)19-10/h2-6H,7-8H2,1H3,(H,16,17). The Kier molecular flexibility index (Phi) is 5.24. The fraction of sp³-hybridized carbons (Fsp3) is 0.231. The van der Waals surface area contributed by atoms with Crippen molar-refractivity contribution < 1.29 is 4.79 Å². The molecule has 0 aliphatic carbocycles. The van der Waals surface area contributed by atoms with Crippen molar-refractivity contribution in [3.8, 4) is 0 Å². The van der Waals surface area contributed by atoms with Gasteiger partial charge in [-0.15, -0.1) is 11.3 Å². The molecule has 3 nitrogen and oxygen atoms in total. The van der Waals surface area contributed by atoms with E-state index >= 15 is 0 Å². The van der Waals surface area contributed by atoms with Gasteiger partial charge >= 0.3 is 0 Å². The lowest BCUT2D eigenvalue weighted by Gasteiger charge is -2.07. The Hall–Kier alpha value is -1.04. The van der Waals surface area contributed by atoms with Gasteiger partial charge in [-0.25, -0.2) is 0 Å². The smallest absolute Gasteiger partial charge is 0.270 e. The first kappa shape index (κ1) is 14.4. The summed E-state index contributed by atoms with van der Waals surface area (Å²) in [5.41, 5.74) is 1.45. The van der Waals surface area contributed by atoms with Crippen LogP contribution in [0.3, 0.4) is 0 Å². The SMILES string of the molecule is CSCc1cccnc1C(=O)NCc1ccc(Cl)s1. The summed E-state index contributed by atoms with van der Waals surface area (Å²) in [7, 11) is 0. The van der Waals surface area contributed by atoms with E-state index in [1.54, 1.807) is 18.0 Å². The van der Waals surface area contributed by atoms with Gasteiger partial charge in [0, 0.05) is 16.8 Å². The third-order valence-corrected chi connectivity index (χ3v) is 4.29. The highest BCUT2D eigenvalue weighted by Gasteiger charge is 2.12. The molecule has 6 heteroatoms. The zero-order valence-electron chi connectivity index (χ0n) is 10.4. The third kappa shape index (κ3) is 3.96. The summed E-state index contributed by atoms with van der Waals surface area (Å²) in [5.74, 6) is 0.635. The molecule has 0 unspecified atom stereocenters. The van der Waals surface area contributed by atoms with Gasteiger partial charge in [0.1, 0.15) is 5.69 Å². The van der Waals surface area contributed by atoms with Crippen LogP contribution in [0.4, 0.5) is 0 Å². The van der Waals surface area contributed by atoms with Crippen molar-refractivity contribution in [3.63, 3.8) is 0 Å². The van der Waals surface area contributed by atoms with Crippen molar-refractivity contribution in [2.24, 2.45) is 0 Å². The molecule has 0 saturated heterocycles. The molecule has 0 fully saturated rings. The molecule has 0 aromatic carbocycles. The minimum absolute atomic E-state index is 0.144. The van der Waals surface area contributed by atoms with Crippen molar-refractivity contribution in [1.82, 2.24) is 10.3 Å². The molecule has 0 aliphatic rings. The summed E-state index contributed by atoms with van der Waals surface area (Å²) in [5, 5.41) is 2.87. The van der Waals surface area contributed by atoms with Crippen LogP contribution in [0.5, 0.6) is 0 Å². The lowest BCUT2D eigenvalue weighted by Crippen LogP contribution is -2.24. The number of hydrogen-bond donors (Lipinski definition) is 1. The quantitative estimate of drug-likeness (QED) is 0.917. The zero-order chi connectivity index (χ0) is 13.7. The van der Waals surface area contributed by atoms with Gasteiger partial charge in [-0.05, 0) is 30.0 Å². The van der Waals surface area contributed by atoms with E-state index in [1.807, 2.05) is 30.5 Å². The molecule has 100 valence electrons. The largest absolute Gasteiger partial charge is 0.346 e. The number of amides is 1. The minimum atomic E-state index is -0.144. The first-order valence-electron chi connectivity index (χ1n) is 5.66. The molecule has 0 bridgehead atoms. The first-order chi connectivity index (χ1) is 9.20. The molecule has 2 heterocycles. The number of thiophene rings is 1. The maximum Gasteiger partial charge on any atom is 0.270 e. The van der Waals surface area contributed by atoms with Crippen LogP contribution >= 0.6 is 34.7 Å². The molecule has 0 aliphatic heterocycles. The highest BCUT2D eigenvalue weighted by molar-refractivity contribution is 7.97. The maximum absolute atomic E-state index is 12.1. The van der Waals surface area contributed by atoms with Crippen LogP contribution < -0.4 is 5.32 Å². The Morgan fingerprint density at radius 3 is 3.00 bits per heavy atom. The Morgan fingerprint density at radius 1 is 1.47 bits per heavy atom. The molecular weight excluding hydrogens is 300 g/mol. The Morgan fingerprint density at radius 2 is 2.32 bits per heavy atom. The van der Waals surface area contributed by atoms with Gasteiger partial charge in [0.2, 0.25) is 0 Å². The normalized spacial score (nSPS) is 10.4. The van der Waals surface area contributed by atoms with Crippen molar-refractivity contribution >= 4 is 40.6 Å². The van der Waals surface area contributed by atoms with Gasteiger partial charge in [-0.3, -0.25) is 9.78 Å². The van der Waals surface area contributed by atoms with E-state index in [9.17, 15) is 4.79 Å². The molecule has 2 aromatic rings. The van der Waals surface area contributed by atoms with Crippen LogP contribution in [-0.2, 0) is 12.3 Å². The van der Waals surface area contributed by atoms with E-state index in [4.69, 9.17) is 11.6 Å². The van der Waals surface area contributed by atoms with Crippen LogP contribution in [0.25, 0.3) is 0 Å². The predicted octanol–water partition coefficient (Wildman–Crippen LogP) is 3.59. The third-order valence-electron chi connectivity index (χ3n) is 2.46. The van der Waals surface area contributed by atoms with Gasteiger partial charge in [-0.1, -0.05) is 17.7 Å². The van der Waals surface area contributed by atoms with Crippen molar-refractivity contribution in [1.29, 1.82) is 0 Å². The second kappa shape index (κ2) is 6.93. The Labute approximate surface area is 125 Å². The molecule has 0 spiro atoms. The summed E-state index contributed by atoms with van der Waals surface area (Å²) in [4.78, 5) is 17.3. The van der Waals surface area contributed by atoms with E-state index in [0.29, 0.717) is 12.2 Å². The van der Waals surface area contributed by atoms with Gasteiger partial charge in [0.05, 0.1) is 10.9 Å². The number of aromatic nitrogens is 1. The number of thioether (sulfide) groups is 1. The average molecular weight is 313 g/mol. The fourth-order valence-electron chi connectivity index (χ4n) is 1.61. The van der Waals surface area contributed by atoms with Crippen LogP contribution in [0.1, 0.15) is 20.9 Å². The fourth-order valence-corrected chi connectivity index (χ4v) is 3.18. The molecule has 1 N–H and O–H groups in total. The minimum Gasteiger partial charge on any atom is -0.346 e. The number of halogens is 1. The van der Waals surface area contributed by atoms with E-state index in [2.05, 4.69) is 10.3 Å². The zero-order valence-corrected chi connectivity index (χ0v) is 12.7. The highest BCUT2D eigenvalue weighted by atomic mass is 35.5. The highest BCUT2D eigenvalue weighted by Crippen LogP contribution is 2.21. The predicted molar refractivity (Wildman–Crippen MR) is 82.0 cm³/mol. The van der Waals surface area contributed by atoms with Gasteiger partial charge in [-0.2, -0.15) is 11.8 Å². The second-order valence-corrected chi connectivity index (χ2v) is 6.50. The second-order valence-electron chi connectivity index (χ2n) is 3.83. The number of nitrogens with zero attached hydrogens (tertiary/aromatic N) is 1. The number of nitrogens with one attached hydrogen (secondary N) is 1. The number of carbonyl (C=O) groups excluding carboxylic acids is 1. The number of carbonyl (C=O) groups is 1. The van der Waals surface area contributed by atoms with E-state index < -0.39 is 0 Å². The van der Waals surface area contributed by atoms with E-state index in [-0.39, 0.29) is 5.91 Å². The topological polar surface area (TPSA) is 42.0 Å². The van der Waals surface area contributed by atoms with Crippen LogP contribution in [0.15, 0.2) is 30.5 Å². The monoisotopic (exact) mass is 312 g/mol. The lowest BCUT2D eigenvalue weighted by molar-refractivity contribution is 0.0945. The first-order valence-corrected chi connectivity index (χ1v) is 8.25. The number of rotatable bonds is 5. The summed E-state index contributed by atoms with van der Waals surface area (Å²) in [6, 6.07) is 7.52. The molecular formula is C13H13ClN2OS2. The molecule has 1 amide bonds. The van der Waals surface area contributed by atoms with Gasteiger partial charge < -0.3 is 5.32 Å². The molecule has 2 aromatic heterocycles. The molecule has 2 rings (SSSR count). The van der Waals surface area contributed by atoms with Crippen molar-refractivity contribution in [3.05, 3.63) is 50.9 Å². The van der Waals surface area contributed by atoms with Crippen LogP contribution in [0.2, 0.25) is 4.34 Å². The molecule has 0 saturated carbocycles.